The van der Waals surface area contributed by atoms with Crippen molar-refractivity contribution in [3.05, 3.63) is 78.9 Å². The number of pyridine rings is 1. The first kappa shape index (κ1) is 32.0. The van der Waals surface area contributed by atoms with Crippen LogP contribution in [0, 0.1) is 0 Å². The minimum atomic E-state index is -4.07. The number of hydrogen-bond donors (Lipinski definition) is 0. The van der Waals surface area contributed by atoms with Crippen LogP contribution in [0.2, 0.25) is 0 Å². The van der Waals surface area contributed by atoms with Crippen molar-refractivity contribution < 1.29 is 27.5 Å². The van der Waals surface area contributed by atoms with E-state index in [1.54, 1.807) is 75.8 Å². The molecule has 0 saturated carbocycles. The predicted molar refractivity (Wildman–Crippen MR) is 172 cm³/mol. The lowest BCUT2D eigenvalue weighted by Gasteiger charge is -2.27. The Kier molecular flexibility index (Phi) is 8.90. The summed E-state index contributed by atoms with van der Waals surface area (Å²) < 4.78 is 41.8. The number of aromatic nitrogens is 5. The van der Waals surface area contributed by atoms with Crippen LogP contribution in [0.4, 0.5) is 4.79 Å². The van der Waals surface area contributed by atoms with Gasteiger partial charge in [0.25, 0.3) is 10.0 Å². The van der Waals surface area contributed by atoms with Crippen LogP contribution in [-0.2, 0) is 30.7 Å². The Labute approximate surface area is 267 Å². The summed E-state index contributed by atoms with van der Waals surface area (Å²) in [7, 11) is -4.07. The van der Waals surface area contributed by atoms with Crippen molar-refractivity contribution in [3.8, 4) is 11.1 Å². The second kappa shape index (κ2) is 12.5. The van der Waals surface area contributed by atoms with Crippen molar-refractivity contribution in [2.24, 2.45) is 0 Å². The van der Waals surface area contributed by atoms with E-state index in [2.05, 4.69) is 15.2 Å². The van der Waals surface area contributed by atoms with E-state index in [0.29, 0.717) is 30.5 Å². The number of benzene rings is 1. The molecule has 1 aliphatic heterocycles. The van der Waals surface area contributed by atoms with Gasteiger partial charge in [0.05, 0.1) is 23.2 Å². The molecule has 1 fully saturated rings. The standard InChI is InChI=1S/C31H32N6O6S.H2S/c1-31(2,3)43-30(39)35-17-8-12-27(35)29(38)42-18-14-21-19-24-23(25-20-34-37-26(25)11-7-15-33-37)13-16-32-28(24)36(21)44(40,41)22-9-5-4-6-10-22;/h4-7,9-11,13,15-16,19-20,27H,8,12,14,17-18H2,1-3H3;1H2/t27-;/m0./s1. The van der Waals surface area contributed by atoms with Gasteiger partial charge in [-0.1, -0.05) is 18.2 Å². The van der Waals surface area contributed by atoms with E-state index < -0.39 is 33.7 Å². The van der Waals surface area contributed by atoms with Crippen LogP contribution in [0.3, 0.4) is 0 Å². The van der Waals surface area contributed by atoms with Crippen molar-refractivity contribution in [2.45, 2.75) is 56.6 Å². The number of carbonyl (C=O) groups is 2. The van der Waals surface area contributed by atoms with E-state index in [-0.39, 0.29) is 37.1 Å². The van der Waals surface area contributed by atoms with Gasteiger partial charge in [0.1, 0.15) is 11.6 Å². The second-order valence-electron chi connectivity index (χ2n) is 11.5. The maximum atomic E-state index is 14.0. The van der Waals surface area contributed by atoms with Gasteiger partial charge in [0.2, 0.25) is 0 Å². The first-order valence-electron chi connectivity index (χ1n) is 14.3. The molecule has 6 rings (SSSR count). The van der Waals surface area contributed by atoms with Crippen molar-refractivity contribution >= 4 is 52.1 Å². The Balaban J connectivity index is 0.00000400. The Morgan fingerprint density at radius 1 is 1.00 bits per heavy atom. The van der Waals surface area contributed by atoms with Gasteiger partial charge in [-0.3, -0.25) is 4.90 Å². The van der Waals surface area contributed by atoms with Gasteiger partial charge in [-0.15, -0.1) is 0 Å². The average molecular weight is 651 g/mol. The number of fused-ring (bicyclic) bond motifs is 2. The molecule has 0 spiro atoms. The molecule has 1 saturated heterocycles. The van der Waals surface area contributed by atoms with E-state index in [9.17, 15) is 18.0 Å². The number of nitrogens with zero attached hydrogens (tertiary/aromatic N) is 6. The normalized spacial score (nSPS) is 15.3. The monoisotopic (exact) mass is 650 g/mol. The quantitative estimate of drug-likeness (QED) is 0.232. The van der Waals surface area contributed by atoms with Gasteiger partial charge in [-0.25, -0.2) is 27.0 Å². The molecule has 0 radical (unpaired) electrons. The number of rotatable bonds is 7. The van der Waals surface area contributed by atoms with Gasteiger partial charge >= 0.3 is 12.1 Å². The summed E-state index contributed by atoms with van der Waals surface area (Å²) in [5, 5.41) is 9.17. The third-order valence-corrected chi connectivity index (χ3v) is 9.12. The second-order valence-corrected chi connectivity index (χ2v) is 13.3. The third kappa shape index (κ3) is 6.25. The Hall–Kier alpha value is -4.43. The van der Waals surface area contributed by atoms with E-state index in [0.717, 1.165) is 16.6 Å². The summed E-state index contributed by atoms with van der Waals surface area (Å²) in [6.45, 7) is 5.59. The van der Waals surface area contributed by atoms with Crippen LogP contribution in [0.5, 0.6) is 0 Å². The number of ether oxygens (including phenoxy) is 2. The van der Waals surface area contributed by atoms with E-state index in [4.69, 9.17) is 9.47 Å². The fraction of sp³-hybridized carbons (Fsp3) is 0.323. The molecule has 5 aromatic rings. The summed E-state index contributed by atoms with van der Waals surface area (Å²) in [6.07, 6.45) is 5.50. The fourth-order valence-corrected chi connectivity index (χ4v) is 6.98. The van der Waals surface area contributed by atoms with Crippen molar-refractivity contribution in [3.63, 3.8) is 0 Å². The molecule has 5 heterocycles. The molecule has 1 amide bonds. The molecular formula is C31H34N6O6S2. The molecule has 236 valence electrons. The highest BCUT2D eigenvalue weighted by molar-refractivity contribution is 7.90. The molecule has 1 atom stereocenters. The summed E-state index contributed by atoms with van der Waals surface area (Å²) in [4.78, 5) is 31.8. The third-order valence-electron chi connectivity index (χ3n) is 7.36. The molecule has 0 unspecified atom stereocenters. The van der Waals surface area contributed by atoms with Gasteiger partial charge in [0.15, 0.2) is 5.65 Å². The van der Waals surface area contributed by atoms with E-state index in [1.165, 1.54) is 25.6 Å². The minimum absolute atomic E-state index is 0. The highest BCUT2D eigenvalue weighted by Gasteiger charge is 2.37. The summed E-state index contributed by atoms with van der Waals surface area (Å²) >= 11 is 0. The van der Waals surface area contributed by atoms with E-state index in [1.807, 2.05) is 6.07 Å². The largest absolute Gasteiger partial charge is 0.464 e. The lowest BCUT2D eigenvalue weighted by atomic mass is 10.1. The SMILES string of the molecule is CC(C)(C)OC(=O)N1CCC[C@H]1C(=O)OCCc1cc2c(-c3cnn4ncccc34)ccnc2n1S(=O)(=O)c1ccccc1.S. The number of amides is 1. The minimum Gasteiger partial charge on any atom is -0.464 e. The first-order valence-corrected chi connectivity index (χ1v) is 15.7. The number of esters is 1. The Morgan fingerprint density at radius 2 is 1.78 bits per heavy atom. The van der Waals surface area contributed by atoms with Crippen LogP contribution >= 0.6 is 13.5 Å². The van der Waals surface area contributed by atoms with Crippen molar-refractivity contribution in [2.75, 3.05) is 13.2 Å². The Morgan fingerprint density at radius 3 is 2.53 bits per heavy atom. The molecule has 12 nitrogen and oxygen atoms in total. The zero-order valence-corrected chi connectivity index (χ0v) is 26.9. The smallest absolute Gasteiger partial charge is 0.411 e. The van der Waals surface area contributed by atoms with Crippen LogP contribution < -0.4 is 0 Å². The highest BCUT2D eigenvalue weighted by Crippen LogP contribution is 2.34. The predicted octanol–water partition coefficient (Wildman–Crippen LogP) is 4.58. The van der Waals surface area contributed by atoms with Gasteiger partial charge < -0.3 is 9.47 Å². The zero-order chi connectivity index (χ0) is 31.1. The molecule has 1 aliphatic rings. The molecule has 0 N–H and O–H groups in total. The van der Waals surface area contributed by atoms with Gasteiger partial charge in [-0.05, 0) is 75.6 Å². The summed E-state index contributed by atoms with van der Waals surface area (Å²) in [6, 6.07) is 14.6. The number of likely N-dealkylation sites (tertiary alicyclic amines) is 1. The molecule has 1 aromatic carbocycles. The molecule has 45 heavy (non-hydrogen) atoms. The van der Waals surface area contributed by atoms with Crippen LogP contribution in [-0.4, -0.2) is 74.0 Å². The van der Waals surface area contributed by atoms with Crippen LogP contribution in [0.1, 0.15) is 39.3 Å². The fourth-order valence-electron chi connectivity index (χ4n) is 5.45. The topological polar surface area (TPSA) is 138 Å². The Bertz CT molecular complexity index is 1970. The van der Waals surface area contributed by atoms with Crippen LogP contribution in [0.25, 0.3) is 27.7 Å². The van der Waals surface area contributed by atoms with Crippen molar-refractivity contribution in [1.82, 2.24) is 28.7 Å². The maximum Gasteiger partial charge on any atom is 0.411 e. The lowest BCUT2D eigenvalue weighted by molar-refractivity contribution is -0.148. The lowest BCUT2D eigenvalue weighted by Crippen LogP contribution is -2.44. The number of hydrogen-bond acceptors (Lipinski definition) is 9. The van der Waals surface area contributed by atoms with Crippen molar-refractivity contribution in [1.29, 1.82) is 0 Å². The maximum absolute atomic E-state index is 14.0. The zero-order valence-electron chi connectivity index (χ0n) is 25.1. The molecule has 14 heteroatoms. The highest BCUT2D eigenvalue weighted by atomic mass is 32.2. The average Bonchev–Trinajstić information content (AvgIpc) is 3.74. The first-order chi connectivity index (χ1) is 21.0. The molecular weight excluding hydrogens is 617 g/mol. The molecule has 4 aromatic heterocycles. The van der Waals surface area contributed by atoms with E-state index >= 15 is 0 Å². The molecule has 0 bridgehead atoms. The summed E-state index contributed by atoms with van der Waals surface area (Å²) in [5.41, 5.74) is 2.18. The number of carbonyl (C=O) groups excluding carboxylic acids is 2. The van der Waals surface area contributed by atoms with Gasteiger partial charge in [0, 0.05) is 42.0 Å². The van der Waals surface area contributed by atoms with Crippen LogP contribution in [0.15, 0.2) is 78.1 Å². The summed E-state index contributed by atoms with van der Waals surface area (Å²) in [5.74, 6) is -0.556. The van der Waals surface area contributed by atoms with Gasteiger partial charge in [-0.2, -0.15) is 28.3 Å². The molecule has 0 aliphatic carbocycles.